The largest absolute Gasteiger partial charge is 0.357 e. The topological polar surface area (TPSA) is 55.2 Å². The van der Waals surface area contributed by atoms with E-state index in [2.05, 4.69) is 33.2 Å². The van der Waals surface area contributed by atoms with E-state index < -0.39 is 0 Å². The highest BCUT2D eigenvalue weighted by Crippen LogP contribution is 2.19. The molecule has 2 aliphatic heterocycles. The number of hydrogen-bond donors (Lipinski definition) is 1. The van der Waals surface area contributed by atoms with E-state index in [9.17, 15) is 0 Å². The minimum atomic E-state index is 0.627. The molecule has 1 N–H and O–H groups in total. The van der Waals surface area contributed by atoms with Crippen molar-refractivity contribution in [3.8, 4) is 6.07 Å². The van der Waals surface area contributed by atoms with Crippen LogP contribution in [0.5, 0.6) is 0 Å². The molecule has 0 saturated carbocycles. The molecule has 0 aliphatic carbocycles. The van der Waals surface area contributed by atoms with Crippen LogP contribution in [-0.4, -0.2) is 55.2 Å². The number of pyridine rings is 1. The van der Waals surface area contributed by atoms with Gasteiger partial charge in [-0.2, -0.15) is 5.26 Å². The van der Waals surface area contributed by atoms with Crippen molar-refractivity contribution in [2.45, 2.75) is 37.8 Å². The van der Waals surface area contributed by atoms with Crippen LogP contribution in [0.3, 0.4) is 0 Å². The lowest BCUT2D eigenvalue weighted by molar-refractivity contribution is 0.217. The molecule has 1 aromatic heterocycles. The molecule has 5 nitrogen and oxygen atoms in total. The summed E-state index contributed by atoms with van der Waals surface area (Å²) in [5.41, 5.74) is 0.627. The van der Waals surface area contributed by atoms with E-state index in [0.717, 1.165) is 18.9 Å². The van der Waals surface area contributed by atoms with Gasteiger partial charge in [-0.25, -0.2) is 4.98 Å². The highest BCUT2D eigenvalue weighted by atomic mass is 15.2. The molecule has 2 aliphatic rings. The van der Waals surface area contributed by atoms with Crippen LogP contribution in [0.1, 0.15) is 31.2 Å². The summed E-state index contributed by atoms with van der Waals surface area (Å²) in [6, 6.07) is 7.27. The van der Waals surface area contributed by atoms with Crippen LogP contribution in [0.2, 0.25) is 0 Å². The number of nitriles is 1. The molecular weight excluding hydrogens is 274 g/mol. The minimum Gasteiger partial charge on any atom is -0.357 e. The molecule has 0 spiro atoms. The molecule has 3 heterocycles. The molecule has 22 heavy (non-hydrogen) atoms. The van der Waals surface area contributed by atoms with Gasteiger partial charge in [-0.05, 0) is 58.0 Å². The average Bonchev–Trinajstić information content (AvgIpc) is 2.58. The van der Waals surface area contributed by atoms with E-state index in [4.69, 9.17) is 5.26 Å². The van der Waals surface area contributed by atoms with E-state index in [1.54, 1.807) is 6.20 Å². The van der Waals surface area contributed by atoms with E-state index >= 15 is 0 Å². The Hall–Kier alpha value is -1.64. The van der Waals surface area contributed by atoms with Gasteiger partial charge in [0, 0.05) is 31.4 Å². The fourth-order valence-electron chi connectivity index (χ4n) is 3.42. The first kappa shape index (κ1) is 15.3. The van der Waals surface area contributed by atoms with Gasteiger partial charge in [-0.15, -0.1) is 0 Å². The van der Waals surface area contributed by atoms with Gasteiger partial charge in [-0.3, -0.25) is 0 Å². The van der Waals surface area contributed by atoms with Crippen LogP contribution in [0, 0.1) is 11.3 Å². The van der Waals surface area contributed by atoms with Crippen LogP contribution in [0.25, 0.3) is 0 Å². The van der Waals surface area contributed by atoms with Gasteiger partial charge in [-0.1, -0.05) is 0 Å². The molecule has 0 aromatic carbocycles. The lowest BCUT2D eigenvalue weighted by Crippen LogP contribution is -2.49. The van der Waals surface area contributed by atoms with Crippen molar-refractivity contribution < 1.29 is 0 Å². The summed E-state index contributed by atoms with van der Waals surface area (Å²) in [6.07, 6.45) is 6.56. The van der Waals surface area contributed by atoms with E-state index in [-0.39, 0.29) is 0 Å². The Balaban J connectivity index is 1.46. The number of rotatable bonds is 3. The average molecular weight is 299 g/mol. The molecule has 2 saturated heterocycles. The van der Waals surface area contributed by atoms with E-state index in [1.807, 2.05) is 12.1 Å². The van der Waals surface area contributed by atoms with Crippen LogP contribution in [0.15, 0.2) is 18.3 Å². The fraction of sp³-hybridized carbons (Fsp3) is 0.647. The van der Waals surface area contributed by atoms with Crippen molar-refractivity contribution in [1.29, 1.82) is 5.26 Å². The molecular formula is C17H25N5. The maximum Gasteiger partial charge on any atom is 0.128 e. The Kier molecular flexibility index (Phi) is 4.91. The number of anilines is 1. The first-order valence-electron chi connectivity index (χ1n) is 8.30. The summed E-state index contributed by atoms with van der Waals surface area (Å²) >= 11 is 0. The third-order valence-electron chi connectivity index (χ3n) is 4.89. The molecule has 0 amide bonds. The first-order valence-corrected chi connectivity index (χ1v) is 8.30. The monoisotopic (exact) mass is 299 g/mol. The normalized spacial score (nSPS) is 21.7. The second kappa shape index (κ2) is 7.08. The Morgan fingerprint density at radius 2 is 1.73 bits per heavy atom. The van der Waals surface area contributed by atoms with Crippen LogP contribution in [0.4, 0.5) is 5.82 Å². The van der Waals surface area contributed by atoms with Gasteiger partial charge in [0.1, 0.15) is 11.9 Å². The molecule has 0 atom stereocenters. The quantitative estimate of drug-likeness (QED) is 0.919. The Morgan fingerprint density at radius 1 is 1.09 bits per heavy atom. The summed E-state index contributed by atoms with van der Waals surface area (Å²) in [5, 5.41) is 12.7. The minimum absolute atomic E-state index is 0.627. The predicted octanol–water partition coefficient (Wildman–Crippen LogP) is 1.61. The van der Waals surface area contributed by atoms with Crippen molar-refractivity contribution in [3.05, 3.63) is 23.9 Å². The number of piperidine rings is 2. The predicted molar refractivity (Wildman–Crippen MR) is 87.8 cm³/mol. The third-order valence-corrected chi connectivity index (χ3v) is 4.89. The maximum absolute atomic E-state index is 8.83. The summed E-state index contributed by atoms with van der Waals surface area (Å²) < 4.78 is 0. The zero-order valence-electron chi connectivity index (χ0n) is 13.3. The molecule has 2 fully saturated rings. The highest BCUT2D eigenvalue weighted by molar-refractivity contribution is 5.42. The van der Waals surface area contributed by atoms with Crippen molar-refractivity contribution in [2.24, 2.45) is 0 Å². The number of nitrogens with zero attached hydrogens (tertiary/aromatic N) is 4. The SMILES string of the molecule is CN1CCC(NC2CCN(c3ccc(C#N)cn3)CC2)CC1. The Morgan fingerprint density at radius 3 is 2.27 bits per heavy atom. The first-order chi connectivity index (χ1) is 10.7. The lowest BCUT2D eigenvalue weighted by Gasteiger charge is -2.37. The van der Waals surface area contributed by atoms with E-state index in [0.29, 0.717) is 17.6 Å². The number of aromatic nitrogens is 1. The molecule has 0 unspecified atom stereocenters. The highest BCUT2D eigenvalue weighted by Gasteiger charge is 2.24. The van der Waals surface area contributed by atoms with Crippen molar-refractivity contribution >= 4 is 5.82 Å². The summed E-state index contributed by atoms with van der Waals surface area (Å²) in [6.45, 7) is 4.52. The zero-order chi connectivity index (χ0) is 15.4. The summed E-state index contributed by atoms with van der Waals surface area (Å²) in [5.74, 6) is 0.997. The second-order valence-electron chi connectivity index (χ2n) is 6.52. The Bertz CT molecular complexity index is 505. The van der Waals surface area contributed by atoms with Gasteiger partial charge in [0.15, 0.2) is 0 Å². The van der Waals surface area contributed by atoms with Crippen LogP contribution in [-0.2, 0) is 0 Å². The Labute approximate surface area is 132 Å². The van der Waals surface area contributed by atoms with Gasteiger partial charge >= 0.3 is 0 Å². The molecule has 0 radical (unpaired) electrons. The third kappa shape index (κ3) is 3.76. The smallest absolute Gasteiger partial charge is 0.128 e. The summed E-state index contributed by atoms with van der Waals surface area (Å²) in [7, 11) is 2.21. The van der Waals surface area contributed by atoms with Crippen LogP contribution >= 0.6 is 0 Å². The zero-order valence-corrected chi connectivity index (χ0v) is 13.3. The van der Waals surface area contributed by atoms with Gasteiger partial charge in [0.05, 0.1) is 5.56 Å². The number of nitrogens with one attached hydrogen (secondary N) is 1. The second-order valence-corrected chi connectivity index (χ2v) is 6.52. The van der Waals surface area contributed by atoms with Gasteiger partial charge in [0.25, 0.3) is 0 Å². The van der Waals surface area contributed by atoms with Crippen molar-refractivity contribution in [2.75, 3.05) is 38.1 Å². The van der Waals surface area contributed by atoms with Gasteiger partial charge < -0.3 is 15.1 Å². The van der Waals surface area contributed by atoms with E-state index in [1.165, 1.54) is 38.8 Å². The number of hydrogen-bond acceptors (Lipinski definition) is 5. The molecule has 3 rings (SSSR count). The molecule has 0 bridgehead atoms. The number of likely N-dealkylation sites (tertiary alicyclic amines) is 1. The van der Waals surface area contributed by atoms with Crippen molar-refractivity contribution in [3.63, 3.8) is 0 Å². The standard InChI is InChI=1S/C17H25N5/c1-21-8-4-15(5-9-21)20-16-6-10-22(11-7-16)17-3-2-14(12-18)13-19-17/h2-3,13,15-16,20H,4-11H2,1H3. The molecule has 1 aromatic rings. The molecule has 118 valence electrons. The lowest BCUT2D eigenvalue weighted by atomic mass is 9.99. The fourth-order valence-corrected chi connectivity index (χ4v) is 3.42. The van der Waals surface area contributed by atoms with Gasteiger partial charge in [0.2, 0.25) is 0 Å². The van der Waals surface area contributed by atoms with Crippen molar-refractivity contribution in [1.82, 2.24) is 15.2 Å². The molecule has 5 heteroatoms. The maximum atomic E-state index is 8.83. The van der Waals surface area contributed by atoms with Crippen LogP contribution < -0.4 is 10.2 Å². The summed E-state index contributed by atoms with van der Waals surface area (Å²) in [4.78, 5) is 9.14.